The van der Waals surface area contributed by atoms with Crippen molar-refractivity contribution in [2.75, 3.05) is 30.0 Å². The molecule has 0 atom stereocenters. The van der Waals surface area contributed by atoms with Gasteiger partial charge in [-0.15, -0.1) is 0 Å². The second-order valence-electron chi connectivity index (χ2n) is 4.91. The first-order valence-corrected chi connectivity index (χ1v) is 6.25. The third kappa shape index (κ3) is 2.96. The van der Waals surface area contributed by atoms with Crippen molar-refractivity contribution < 1.29 is 0 Å². The number of rotatable bonds is 3. The van der Waals surface area contributed by atoms with E-state index in [0.717, 1.165) is 11.4 Å². The molecule has 0 saturated carbocycles. The van der Waals surface area contributed by atoms with Gasteiger partial charge in [-0.05, 0) is 43.7 Å². The lowest BCUT2D eigenvalue weighted by atomic mass is 10.1. The number of nitrogens with one attached hydrogen (secondary N) is 1. The minimum atomic E-state index is 0.651. The molecule has 0 saturated heterocycles. The second kappa shape index (κ2) is 5.18. The molecular weight excluding hydrogens is 236 g/mol. The molecule has 0 amide bonds. The summed E-state index contributed by atoms with van der Waals surface area (Å²) in [5.41, 5.74) is 10.9. The van der Waals surface area contributed by atoms with Gasteiger partial charge in [0.1, 0.15) is 0 Å². The molecule has 0 radical (unpaired) electrons. The standard InChI is InChI=1S/C15H20N4/c1-10-5-7-12(9-14(10)19(3)4)18-15-13(16)8-6-11(2)17-15/h5-9H,16H2,1-4H3,(H,17,18). The Kier molecular flexibility index (Phi) is 3.60. The second-order valence-corrected chi connectivity index (χ2v) is 4.91. The first-order valence-electron chi connectivity index (χ1n) is 6.25. The zero-order valence-corrected chi connectivity index (χ0v) is 11.9. The van der Waals surface area contributed by atoms with Gasteiger partial charge >= 0.3 is 0 Å². The Morgan fingerprint density at radius 1 is 1.11 bits per heavy atom. The Bertz CT molecular complexity index is 591. The highest BCUT2D eigenvalue weighted by Gasteiger charge is 2.05. The third-order valence-electron chi connectivity index (χ3n) is 3.02. The number of nitrogen functional groups attached to an aromatic ring is 1. The third-order valence-corrected chi connectivity index (χ3v) is 3.02. The van der Waals surface area contributed by atoms with Gasteiger partial charge in [0, 0.05) is 31.2 Å². The molecule has 0 spiro atoms. The molecule has 4 nitrogen and oxygen atoms in total. The maximum Gasteiger partial charge on any atom is 0.153 e. The average molecular weight is 256 g/mol. The minimum absolute atomic E-state index is 0.651. The Labute approximate surface area is 114 Å². The van der Waals surface area contributed by atoms with Gasteiger partial charge in [-0.25, -0.2) is 4.98 Å². The molecule has 0 aliphatic carbocycles. The van der Waals surface area contributed by atoms with E-state index in [-0.39, 0.29) is 0 Å². The highest BCUT2D eigenvalue weighted by molar-refractivity contribution is 5.72. The van der Waals surface area contributed by atoms with E-state index in [2.05, 4.69) is 34.3 Å². The van der Waals surface area contributed by atoms with E-state index in [0.29, 0.717) is 11.5 Å². The van der Waals surface area contributed by atoms with E-state index >= 15 is 0 Å². The number of anilines is 4. The van der Waals surface area contributed by atoms with Crippen LogP contribution >= 0.6 is 0 Å². The lowest BCUT2D eigenvalue weighted by Crippen LogP contribution is -2.10. The van der Waals surface area contributed by atoms with Crippen LogP contribution in [0.2, 0.25) is 0 Å². The zero-order valence-electron chi connectivity index (χ0n) is 11.9. The van der Waals surface area contributed by atoms with Crippen molar-refractivity contribution in [3.63, 3.8) is 0 Å². The van der Waals surface area contributed by atoms with Gasteiger partial charge in [0.2, 0.25) is 0 Å². The fourth-order valence-corrected chi connectivity index (χ4v) is 1.97. The summed E-state index contributed by atoms with van der Waals surface area (Å²) in [5.74, 6) is 0.702. The topological polar surface area (TPSA) is 54.2 Å². The van der Waals surface area contributed by atoms with Crippen LogP contribution in [0.25, 0.3) is 0 Å². The number of pyridine rings is 1. The first-order chi connectivity index (χ1) is 8.97. The van der Waals surface area contributed by atoms with E-state index in [4.69, 9.17) is 5.73 Å². The molecule has 3 N–H and O–H groups in total. The van der Waals surface area contributed by atoms with Crippen LogP contribution in [0.15, 0.2) is 30.3 Å². The Morgan fingerprint density at radius 2 is 1.84 bits per heavy atom. The zero-order chi connectivity index (χ0) is 14.0. The van der Waals surface area contributed by atoms with Crippen LogP contribution in [0.4, 0.5) is 22.9 Å². The summed E-state index contributed by atoms with van der Waals surface area (Å²) in [6.07, 6.45) is 0. The molecule has 0 aliphatic heterocycles. The molecule has 19 heavy (non-hydrogen) atoms. The predicted octanol–water partition coefficient (Wildman–Crippen LogP) is 3.09. The monoisotopic (exact) mass is 256 g/mol. The quantitative estimate of drug-likeness (QED) is 0.886. The summed E-state index contributed by atoms with van der Waals surface area (Å²) < 4.78 is 0. The first kappa shape index (κ1) is 13.2. The number of aromatic nitrogens is 1. The summed E-state index contributed by atoms with van der Waals surface area (Å²) in [7, 11) is 4.07. The van der Waals surface area contributed by atoms with Crippen molar-refractivity contribution in [2.24, 2.45) is 0 Å². The fraction of sp³-hybridized carbons (Fsp3) is 0.267. The maximum atomic E-state index is 5.93. The lowest BCUT2D eigenvalue weighted by molar-refractivity contribution is 1.11. The molecule has 0 aliphatic rings. The molecule has 4 heteroatoms. The van der Waals surface area contributed by atoms with Crippen LogP contribution in [0.5, 0.6) is 0 Å². The Morgan fingerprint density at radius 3 is 2.53 bits per heavy atom. The Hall–Kier alpha value is -2.23. The molecule has 100 valence electrons. The van der Waals surface area contributed by atoms with Crippen LogP contribution in [-0.4, -0.2) is 19.1 Å². The van der Waals surface area contributed by atoms with Crippen LogP contribution in [-0.2, 0) is 0 Å². The van der Waals surface area contributed by atoms with Crippen LogP contribution in [0.1, 0.15) is 11.3 Å². The number of nitrogens with two attached hydrogens (primary N) is 1. The van der Waals surface area contributed by atoms with Gasteiger partial charge in [0.25, 0.3) is 0 Å². The van der Waals surface area contributed by atoms with E-state index in [1.54, 1.807) is 0 Å². The summed E-state index contributed by atoms with van der Waals surface area (Å²) in [5, 5.41) is 3.27. The van der Waals surface area contributed by atoms with Gasteiger partial charge in [-0.2, -0.15) is 0 Å². The van der Waals surface area contributed by atoms with Crippen molar-refractivity contribution in [3.05, 3.63) is 41.6 Å². The molecule has 0 unspecified atom stereocenters. The van der Waals surface area contributed by atoms with E-state index < -0.39 is 0 Å². The molecule has 2 aromatic rings. The van der Waals surface area contributed by atoms with Crippen molar-refractivity contribution in [2.45, 2.75) is 13.8 Å². The van der Waals surface area contributed by atoms with Crippen molar-refractivity contribution in [1.29, 1.82) is 0 Å². The maximum absolute atomic E-state index is 5.93. The summed E-state index contributed by atoms with van der Waals surface area (Å²) in [4.78, 5) is 6.51. The van der Waals surface area contributed by atoms with Gasteiger partial charge in [0.15, 0.2) is 5.82 Å². The molecular formula is C15H20N4. The van der Waals surface area contributed by atoms with Gasteiger partial charge in [-0.1, -0.05) is 6.07 Å². The molecule has 0 bridgehead atoms. The molecule has 2 rings (SSSR count). The Balaban J connectivity index is 2.33. The van der Waals surface area contributed by atoms with Gasteiger partial charge < -0.3 is 16.0 Å². The molecule has 1 heterocycles. The van der Waals surface area contributed by atoms with Crippen molar-refractivity contribution in [1.82, 2.24) is 4.98 Å². The molecule has 1 aromatic heterocycles. The van der Waals surface area contributed by atoms with Crippen LogP contribution in [0.3, 0.4) is 0 Å². The van der Waals surface area contributed by atoms with Crippen molar-refractivity contribution >= 4 is 22.9 Å². The smallest absolute Gasteiger partial charge is 0.153 e. The van der Waals surface area contributed by atoms with Gasteiger partial charge in [-0.3, -0.25) is 0 Å². The summed E-state index contributed by atoms with van der Waals surface area (Å²) in [6.45, 7) is 4.05. The van der Waals surface area contributed by atoms with Crippen molar-refractivity contribution in [3.8, 4) is 0 Å². The van der Waals surface area contributed by atoms with E-state index in [1.807, 2.05) is 39.2 Å². The normalized spacial score (nSPS) is 10.3. The summed E-state index contributed by atoms with van der Waals surface area (Å²) in [6, 6.07) is 9.99. The number of hydrogen-bond donors (Lipinski definition) is 2. The van der Waals surface area contributed by atoms with E-state index in [1.165, 1.54) is 11.3 Å². The largest absolute Gasteiger partial charge is 0.396 e. The van der Waals surface area contributed by atoms with Gasteiger partial charge in [0.05, 0.1) is 5.69 Å². The SMILES string of the molecule is Cc1ccc(N)c(Nc2ccc(C)c(N(C)C)c2)n1. The van der Waals surface area contributed by atoms with E-state index in [9.17, 15) is 0 Å². The highest BCUT2D eigenvalue weighted by atomic mass is 15.1. The lowest BCUT2D eigenvalue weighted by Gasteiger charge is -2.17. The summed E-state index contributed by atoms with van der Waals surface area (Å²) >= 11 is 0. The predicted molar refractivity (Wildman–Crippen MR) is 82.2 cm³/mol. The number of aryl methyl sites for hydroxylation is 2. The molecule has 1 aromatic carbocycles. The van der Waals surface area contributed by atoms with Crippen LogP contribution in [0, 0.1) is 13.8 Å². The number of benzene rings is 1. The number of nitrogens with zero attached hydrogens (tertiary/aromatic N) is 2. The van der Waals surface area contributed by atoms with Crippen LogP contribution < -0.4 is 16.0 Å². The highest BCUT2D eigenvalue weighted by Crippen LogP contribution is 2.26. The average Bonchev–Trinajstić information content (AvgIpc) is 2.36. The fourth-order valence-electron chi connectivity index (χ4n) is 1.97. The number of hydrogen-bond acceptors (Lipinski definition) is 4. The molecule has 0 fully saturated rings. The minimum Gasteiger partial charge on any atom is -0.396 e.